The van der Waals surface area contributed by atoms with Gasteiger partial charge in [-0.3, -0.25) is 0 Å². The van der Waals surface area contributed by atoms with E-state index < -0.39 is 0 Å². The third kappa shape index (κ3) is 8.42. The Bertz CT molecular complexity index is 189. The van der Waals surface area contributed by atoms with Crippen LogP contribution in [-0.4, -0.2) is 0 Å². The van der Waals surface area contributed by atoms with Gasteiger partial charge < -0.3 is 0 Å². The predicted octanol–water partition coefficient (Wildman–Crippen LogP) is 3.44. The standard InChI is InChI=1S/C7H8.2CO.2HI.W/c1-2-7-4-3-6(1)5-7;2*1-2;;;/h1-4,6-7H,5H2;;;2*1H;/q;;;;;+2/p-2. The van der Waals surface area contributed by atoms with Crippen LogP contribution in [0.3, 0.4) is 0 Å². The second-order valence-corrected chi connectivity index (χ2v) is 23.8. The van der Waals surface area contributed by atoms with E-state index in [4.69, 9.17) is 9.30 Å². The van der Waals surface area contributed by atoms with Crippen LogP contribution in [0.2, 0.25) is 0 Å². The molecular weight excluding hydrogens is 578 g/mol. The third-order valence-corrected chi connectivity index (χ3v) is 1.76. The minimum atomic E-state index is 0.190. The molecule has 0 aromatic heterocycles. The van der Waals surface area contributed by atoms with E-state index in [1.165, 1.54) is 6.42 Å². The van der Waals surface area contributed by atoms with Gasteiger partial charge in [-0.15, -0.1) is 0 Å². The molecule has 0 fully saturated rings. The number of rotatable bonds is 0. The van der Waals surface area contributed by atoms with Crippen molar-refractivity contribution in [2.75, 3.05) is 0 Å². The van der Waals surface area contributed by atoms with Gasteiger partial charge in [0, 0.05) is 0 Å². The molecule has 0 saturated heterocycles. The molecule has 0 radical (unpaired) electrons. The summed E-state index contributed by atoms with van der Waals surface area (Å²) in [6, 6.07) is 0. The Hall–Kier alpha value is 1.11. The van der Waals surface area contributed by atoms with Crippen molar-refractivity contribution in [2.24, 2.45) is 11.8 Å². The first kappa shape index (κ1) is 17.5. The molecule has 76 valence electrons. The zero-order chi connectivity index (χ0) is 11.4. The average molecular weight is 586 g/mol. The summed E-state index contributed by atoms with van der Waals surface area (Å²) in [5, 5.41) is 0. The fourth-order valence-electron chi connectivity index (χ4n) is 1.33. The topological polar surface area (TPSA) is 39.8 Å². The molecule has 2 rings (SSSR count). The minimum absolute atomic E-state index is 0.190. The molecule has 0 aromatic carbocycles. The van der Waals surface area contributed by atoms with E-state index >= 15 is 0 Å². The van der Waals surface area contributed by atoms with E-state index in [-0.39, 0.29) is 11.2 Å². The summed E-state index contributed by atoms with van der Waals surface area (Å²) < 4.78 is 15.0. The van der Waals surface area contributed by atoms with Crippen molar-refractivity contribution in [2.45, 2.75) is 6.42 Å². The molecule has 0 aliphatic heterocycles. The molecule has 0 heterocycles. The van der Waals surface area contributed by atoms with E-state index in [9.17, 15) is 0 Å². The van der Waals surface area contributed by atoms with Crippen LogP contribution in [-0.2, 0) is 20.5 Å². The quantitative estimate of drug-likeness (QED) is 0.181. The fraction of sp³-hybridized carbons (Fsp3) is 0.333. The summed E-state index contributed by atoms with van der Waals surface area (Å²) in [4.78, 5) is 0. The molecule has 0 atom stereocenters. The fourth-order valence-corrected chi connectivity index (χ4v) is 1.33. The first-order valence-electron chi connectivity index (χ1n) is 3.53. The van der Waals surface area contributed by atoms with Crippen molar-refractivity contribution in [1.29, 1.82) is 0 Å². The maximum atomic E-state index is 7.50. The molecule has 0 aromatic rings. The number of halogens is 2. The van der Waals surface area contributed by atoms with Gasteiger partial charge in [-0.25, -0.2) is 0 Å². The van der Waals surface area contributed by atoms with Crippen LogP contribution in [0.4, 0.5) is 0 Å². The molecule has 2 aliphatic carbocycles. The van der Waals surface area contributed by atoms with E-state index in [0.29, 0.717) is 0 Å². The van der Waals surface area contributed by atoms with Crippen LogP contribution >= 0.6 is 38.7 Å². The first-order chi connectivity index (χ1) is 6.86. The van der Waals surface area contributed by atoms with Crippen LogP contribution in [0.25, 0.3) is 0 Å². The molecule has 5 heteroatoms. The van der Waals surface area contributed by atoms with Gasteiger partial charge in [-0.2, -0.15) is 0 Å². The zero-order valence-electron chi connectivity index (χ0n) is 7.15. The summed E-state index contributed by atoms with van der Waals surface area (Å²) >= 11 is 5.07. The van der Waals surface area contributed by atoms with Gasteiger partial charge in [0.25, 0.3) is 0 Å². The van der Waals surface area contributed by atoms with Gasteiger partial charge in [0.1, 0.15) is 0 Å². The summed E-state index contributed by atoms with van der Waals surface area (Å²) in [6.45, 7) is 9.00. The molecule has 2 aliphatic rings. The normalized spacial score (nSPS) is 23.3. The Morgan fingerprint density at radius 1 is 0.929 bits per heavy atom. The summed E-state index contributed by atoms with van der Waals surface area (Å²) in [6.07, 6.45) is 10.5. The van der Waals surface area contributed by atoms with Crippen molar-refractivity contribution in [3.63, 3.8) is 0 Å². The van der Waals surface area contributed by atoms with Crippen molar-refractivity contribution < 1.29 is 20.5 Å². The number of allylic oxidation sites excluding steroid dienone is 4. The summed E-state index contributed by atoms with van der Waals surface area (Å²) in [5.74, 6) is 1.62. The van der Waals surface area contributed by atoms with Crippen molar-refractivity contribution >= 4 is 38.7 Å². The molecule has 0 saturated carbocycles. The van der Waals surface area contributed by atoms with Crippen molar-refractivity contribution in [1.82, 2.24) is 0 Å². The predicted molar refractivity (Wildman–Crippen MR) is 65.8 cm³/mol. The summed E-state index contributed by atoms with van der Waals surface area (Å²) in [5.41, 5.74) is 0. The molecule has 0 amide bonds. The second kappa shape index (κ2) is 14.1. The third-order valence-electron chi connectivity index (χ3n) is 1.76. The molecule has 14 heavy (non-hydrogen) atoms. The monoisotopic (exact) mass is 586 g/mol. The number of hydrogen-bond donors (Lipinski definition) is 0. The van der Waals surface area contributed by atoms with Crippen LogP contribution in [0.5, 0.6) is 0 Å². The van der Waals surface area contributed by atoms with Gasteiger partial charge >= 0.3 is 72.5 Å². The van der Waals surface area contributed by atoms with Crippen LogP contribution in [0, 0.1) is 25.1 Å². The average Bonchev–Trinajstić information content (AvgIpc) is 2.89. The summed E-state index contributed by atoms with van der Waals surface area (Å²) in [7, 11) is 0. The van der Waals surface area contributed by atoms with Crippen molar-refractivity contribution in [3.05, 3.63) is 37.6 Å². The molecule has 0 spiro atoms. The van der Waals surface area contributed by atoms with E-state index in [1.54, 1.807) is 0 Å². The van der Waals surface area contributed by atoms with Gasteiger partial charge in [0.2, 0.25) is 0 Å². The molecule has 2 nitrogen and oxygen atoms in total. The Morgan fingerprint density at radius 3 is 1.21 bits per heavy atom. The molecule has 0 unspecified atom stereocenters. The Morgan fingerprint density at radius 2 is 1.14 bits per heavy atom. The van der Waals surface area contributed by atoms with Crippen molar-refractivity contribution in [3.8, 4) is 0 Å². The zero-order valence-corrected chi connectivity index (χ0v) is 14.4. The van der Waals surface area contributed by atoms with E-state index in [2.05, 4.69) is 76.3 Å². The Labute approximate surface area is 114 Å². The maximum absolute atomic E-state index is 7.50. The van der Waals surface area contributed by atoms with Gasteiger partial charge in [0.15, 0.2) is 0 Å². The SMILES string of the molecule is C1=CC2C=CC1C2.[C-]#[O+].[C-]#[O+].[I][W][I]. The second-order valence-electron chi connectivity index (χ2n) is 2.39. The van der Waals surface area contributed by atoms with Crippen LogP contribution in [0.15, 0.2) is 24.3 Å². The van der Waals surface area contributed by atoms with E-state index in [1.807, 2.05) is 0 Å². The van der Waals surface area contributed by atoms with E-state index in [0.717, 1.165) is 11.8 Å². The van der Waals surface area contributed by atoms with Gasteiger partial charge in [0.05, 0.1) is 0 Å². The number of hydrogen-bond acceptors (Lipinski definition) is 0. The van der Waals surface area contributed by atoms with Crippen LogP contribution < -0.4 is 0 Å². The number of fused-ring (bicyclic) bond motifs is 2. The molecule has 2 bridgehead atoms. The van der Waals surface area contributed by atoms with Crippen LogP contribution in [0.1, 0.15) is 6.42 Å². The molecule has 0 N–H and O–H groups in total. The Balaban J connectivity index is 0. The Kier molecular flexibility index (Phi) is 17.6. The molecular formula is C9H8I2O2W. The van der Waals surface area contributed by atoms with Gasteiger partial charge in [-0.05, 0) is 18.3 Å². The first-order valence-corrected chi connectivity index (χ1v) is 20.2. The van der Waals surface area contributed by atoms with Gasteiger partial charge in [-0.1, -0.05) is 24.3 Å².